The summed E-state index contributed by atoms with van der Waals surface area (Å²) in [6, 6.07) is 18.7. The molecule has 0 radical (unpaired) electrons. The van der Waals surface area contributed by atoms with Crippen LogP contribution in [0.25, 0.3) is 33.0 Å². The number of carbonyl (C=O) groups is 1. The van der Waals surface area contributed by atoms with Crippen LogP contribution in [0, 0.1) is 0 Å². The first kappa shape index (κ1) is 20.9. The van der Waals surface area contributed by atoms with Crippen LogP contribution in [0.1, 0.15) is 23.5 Å². The van der Waals surface area contributed by atoms with E-state index in [1.54, 1.807) is 41.9 Å². The number of phenolic OH excluding ortho intramolecular Hbond substituents is 1. The Morgan fingerprint density at radius 2 is 1.74 bits per heavy atom. The maximum atomic E-state index is 13.4. The highest BCUT2D eigenvalue weighted by molar-refractivity contribution is 5.90. The first-order valence-electron chi connectivity index (χ1n) is 11.1. The molecule has 0 fully saturated rings. The van der Waals surface area contributed by atoms with Gasteiger partial charge in [-0.25, -0.2) is 0 Å². The Balaban J connectivity index is 1.61. The molecule has 1 aliphatic heterocycles. The van der Waals surface area contributed by atoms with Gasteiger partial charge >= 0.3 is 5.97 Å². The molecule has 172 valence electrons. The molecule has 1 aliphatic rings. The van der Waals surface area contributed by atoms with Crippen molar-refractivity contribution in [2.24, 2.45) is 7.05 Å². The minimum Gasteiger partial charge on any atom is -0.508 e. The van der Waals surface area contributed by atoms with Crippen molar-refractivity contribution in [3.8, 4) is 22.6 Å². The number of phenols is 1. The summed E-state index contributed by atoms with van der Waals surface area (Å²) in [6.07, 6.45) is 1.31. The summed E-state index contributed by atoms with van der Waals surface area (Å²) in [5.41, 5.74) is 2.44. The van der Waals surface area contributed by atoms with Gasteiger partial charge in [0, 0.05) is 24.1 Å². The van der Waals surface area contributed by atoms with Crippen LogP contribution >= 0.6 is 0 Å². The van der Waals surface area contributed by atoms with Gasteiger partial charge in [-0.1, -0.05) is 30.3 Å². The zero-order chi connectivity index (χ0) is 24.3. The lowest BCUT2D eigenvalue weighted by atomic mass is 9.85. The highest BCUT2D eigenvalue weighted by Crippen LogP contribution is 2.42. The number of fused-ring (bicyclic) bond motifs is 4. The smallest absolute Gasteiger partial charge is 0.312 e. The predicted octanol–water partition coefficient (Wildman–Crippen LogP) is 4.46. The van der Waals surface area contributed by atoms with Gasteiger partial charge in [0.25, 0.3) is 5.56 Å². The monoisotopic (exact) mass is 465 g/mol. The number of carbonyl (C=O) groups excluding carboxylic acids is 1. The van der Waals surface area contributed by atoms with Crippen molar-refractivity contribution >= 4 is 27.8 Å². The number of hydrogen-bond acceptors (Lipinski definition) is 6. The standard InChI is InChI=1S/C28H19NO6/c1-29-22-5-3-2-4-16(22)12-20(28(29)33)19-13-24(31)35-23-11-10-18-26(32)21(14-34-27(18)25(19)23)15-6-8-17(30)9-7-15/h2-12,14,19,30H,13H2,1H3/t19-/m1/s1. The number of ether oxygens (including phenoxy) is 1. The molecule has 6 rings (SSSR count). The fraction of sp³-hybridized carbons (Fsp3) is 0.107. The zero-order valence-electron chi connectivity index (χ0n) is 18.6. The van der Waals surface area contributed by atoms with Gasteiger partial charge in [0.05, 0.1) is 22.9 Å². The van der Waals surface area contributed by atoms with E-state index in [0.717, 1.165) is 10.9 Å². The van der Waals surface area contributed by atoms with E-state index in [1.807, 2.05) is 24.3 Å². The third-order valence-electron chi connectivity index (χ3n) is 6.60. The number of rotatable bonds is 2. The van der Waals surface area contributed by atoms with Gasteiger partial charge in [-0.05, 0) is 47.3 Å². The van der Waals surface area contributed by atoms with Crippen LogP contribution in [-0.2, 0) is 11.8 Å². The van der Waals surface area contributed by atoms with Crippen molar-refractivity contribution in [2.75, 3.05) is 0 Å². The predicted molar refractivity (Wildman–Crippen MR) is 131 cm³/mol. The van der Waals surface area contributed by atoms with Crippen molar-refractivity contribution < 1.29 is 19.1 Å². The normalized spacial score (nSPS) is 15.2. The molecule has 7 heteroatoms. The summed E-state index contributed by atoms with van der Waals surface area (Å²) < 4.78 is 13.0. The second kappa shape index (κ2) is 7.70. The molecule has 0 unspecified atom stereocenters. The maximum absolute atomic E-state index is 13.4. The van der Waals surface area contributed by atoms with Crippen LogP contribution in [0.2, 0.25) is 0 Å². The van der Waals surface area contributed by atoms with Gasteiger partial charge in [-0.3, -0.25) is 14.4 Å². The van der Waals surface area contributed by atoms with E-state index >= 15 is 0 Å². The lowest BCUT2D eigenvalue weighted by Gasteiger charge is -2.25. The average molecular weight is 465 g/mol. The summed E-state index contributed by atoms with van der Waals surface area (Å²) >= 11 is 0. The molecule has 0 aliphatic carbocycles. The van der Waals surface area contributed by atoms with Gasteiger partial charge in [-0.2, -0.15) is 0 Å². The van der Waals surface area contributed by atoms with Crippen LogP contribution < -0.4 is 15.7 Å². The molecule has 0 spiro atoms. The van der Waals surface area contributed by atoms with Gasteiger partial charge in [0.2, 0.25) is 5.43 Å². The highest BCUT2D eigenvalue weighted by atomic mass is 16.5. The number of nitrogens with zero attached hydrogens (tertiary/aromatic N) is 1. The first-order chi connectivity index (χ1) is 16.9. The van der Waals surface area contributed by atoms with E-state index in [4.69, 9.17) is 9.15 Å². The fourth-order valence-electron chi connectivity index (χ4n) is 4.86. The topological polar surface area (TPSA) is 98.7 Å². The van der Waals surface area contributed by atoms with E-state index in [-0.39, 0.29) is 34.5 Å². The Bertz CT molecular complexity index is 1780. The molecule has 5 aromatic rings. The molecule has 1 atom stereocenters. The third kappa shape index (κ3) is 3.24. The minimum absolute atomic E-state index is 0.0525. The number of aryl methyl sites for hydroxylation is 1. The van der Waals surface area contributed by atoms with E-state index in [2.05, 4.69) is 0 Å². The highest BCUT2D eigenvalue weighted by Gasteiger charge is 2.34. The van der Waals surface area contributed by atoms with Crippen LogP contribution in [0.3, 0.4) is 0 Å². The third-order valence-corrected chi connectivity index (χ3v) is 6.60. The Labute approximate surface area is 198 Å². The second-order valence-electron chi connectivity index (χ2n) is 8.63. The molecule has 3 aromatic carbocycles. The van der Waals surface area contributed by atoms with Crippen molar-refractivity contribution in [3.05, 3.63) is 105 Å². The lowest BCUT2D eigenvalue weighted by Crippen LogP contribution is -2.29. The number of aromatic hydroxyl groups is 1. The lowest BCUT2D eigenvalue weighted by molar-refractivity contribution is -0.135. The van der Waals surface area contributed by atoms with Gasteiger partial charge in [-0.15, -0.1) is 0 Å². The molecule has 0 amide bonds. The Kier molecular flexibility index (Phi) is 4.60. The van der Waals surface area contributed by atoms with E-state index < -0.39 is 11.9 Å². The van der Waals surface area contributed by atoms with Crippen molar-refractivity contribution in [1.29, 1.82) is 0 Å². The van der Waals surface area contributed by atoms with Crippen LogP contribution in [0.5, 0.6) is 11.5 Å². The summed E-state index contributed by atoms with van der Waals surface area (Å²) in [5.74, 6) is -0.731. The molecule has 1 N–H and O–H groups in total. The minimum atomic E-state index is -0.638. The number of esters is 1. The molecular formula is C28H19NO6. The second-order valence-corrected chi connectivity index (χ2v) is 8.63. The van der Waals surface area contributed by atoms with Gasteiger partial charge in [0.15, 0.2) is 0 Å². The molecule has 0 saturated heterocycles. The van der Waals surface area contributed by atoms with Crippen molar-refractivity contribution in [3.63, 3.8) is 0 Å². The molecule has 0 saturated carbocycles. The summed E-state index contributed by atoms with van der Waals surface area (Å²) in [7, 11) is 1.70. The number of aromatic nitrogens is 1. The van der Waals surface area contributed by atoms with Crippen LogP contribution in [0.4, 0.5) is 0 Å². The van der Waals surface area contributed by atoms with Crippen LogP contribution in [-0.4, -0.2) is 15.6 Å². The summed E-state index contributed by atoms with van der Waals surface area (Å²) in [4.78, 5) is 39.3. The Morgan fingerprint density at radius 1 is 0.971 bits per heavy atom. The Morgan fingerprint density at radius 3 is 2.54 bits per heavy atom. The van der Waals surface area contributed by atoms with E-state index in [9.17, 15) is 19.5 Å². The number of para-hydroxylation sites is 1. The number of hydrogen-bond donors (Lipinski definition) is 1. The zero-order valence-corrected chi connectivity index (χ0v) is 18.6. The number of benzene rings is 3. The van der Waals surface area contributed by atoms with E-state index in [1.165, 1.54) is 18.4 Å². The van der Waals surface area contributed by atoms with E-state index in [0.29, 0.717) is 27.6 Å². The maximum Gasteiger partial charge on any atom is 0.312 e. The SMILES string of the molecule is Cn1c(=O)c([C@H]2CC(=O)Oc3ccc4c(=O)c(-c5ccc(O)cc5)coc4c32)cc2ccccc21. The molecule has 3 heterocycles. The average Bonchev–Trinajstić information content (AvgIpc) is 2.86. The first-order valence-corrected chi connectivity index (χ1v) is 11.1. The fourth-order valence-corrected chi connectivity index (χ4v) is 4.86. The molecule has 7 nitrogen and oxygen atoms in total. The Hall–Kier alpha value is -4.65. The van der Waals surface area contributed by atoms with Crippen LogP contribution in [0.15, 0.2) is 87.0 Å². The van der Waals surface area contributed by atoms with Gasteiger partial charge < -0.3 is 18.8 Å². The molecular weight excluding hydrogens is 446 g/mol. The van der Waals surface area contributed by atoms with Crippen molar-refractivity contribution in [2.45, 2.75) is 12.3 Å². The molecule has 2 aromatic heterocycles. The summed E-state index contributed by atoms with van der Waals surface area (Å²) in [6.45, 7) is 0. The molecule has 0 bridgehead atoms. The molecule has 35 heavy (non-hydrogen) atoms. The number of pyridine rings is 1. The van der Waals surface area contributed by atoms with Crippen molar-refractivity contribution in [1.82, 2.24) is 4.57 Å². The summed E-state index contributed by atoms with van der Waals surface area (Å²) in [5, 5.41) is 10.8. The largest absolute Gasteiger partial charge is 0.508 e. The van der Waals surface area contributed by atoms with Gasteiger partial charge in [0.1, 0.15) is 23.3 Å². The quantitative estimate of drug-likeness (QED) is 0.305.